The number of carbonyl (C=O) groups is 1. The molecule has 0 saturated heterocycles. The van der Waals surface area contributed by atoms with Crippen molar-refractivity contribution in [3.8, 4) is 5.75 Å². The Morgan fingerprint density at radius 3 is 2.85 bits per heavy atom. The molecule has 0 aromatic heterocycles. The lowest BCUT2D eigenvalue weighted by atomic mass is 10.2. The highest BCUT2D eigenvalue weighted by Gasteiger charge is 2.23. The monoisotopic (exact) mass is 276 g/mol. The molecular formula is C16H24N2O2. The number of rotatable bonds is 8. The van der Waals surface area contributed by atoms with Gasteiger partial charge in [0.25, 0.3) is 0 Å². The number of benzene rings is 1. The number of aryl methyl sites for hydroxylation is 1. The van der Waals surface area contributed by atoms with E-state index in [2.05, 4.69) is 5.32 Å². The molecule has 20 heavy (non-hydrogen) atoms. The van der Waals surface area contributed by atoms with Crippen LogP contribution in [0, 0.1) is 6.92 Å². The first-order valence-electron chi connectivity index (χ1n) is 7.31. The van der Waals surface area contributed by atoms with Crippen molar-refractivity contribution in [1.82, 2.24) is 10.2 Å². The van der Waals surface area contributed by atoms with Crippen LogP contribution in [0.3, 0.4) is 0 Å². The van der Waals surface area contributed by atoms with Gasteiger partial charge in [-0.1, -0.05) is 18.2 Å². The maximum atomic E-state index is 11.6. The van der Waals surface area contributed by atoms with Gasteiger partial charge in [0, 0.05) is 12.6 Å². The highest BCUT2D eigenvalue weighted by Crippen LogP contribution is 2.18. The zero-order valence-electron chi connectivity index (χ0n) is 12.4. The van der Waals surface area contributed by atoms with Crippen molar-refractivity contribution in [3.05, 3.63) is 29.8 Å². The van der Waals surface area contributed by atoms with Gasteiger partial charge in [0.2, 0.25) is 5.91 Å². The van der Waals surface area contributed by atoms with Gasteiger partial charge in [-0.2, -0.15) is 0 Å². The van der Waals surface area contributed by atoms with Gasteiger partial charge in [-0.3, -0.25) is 9.69 Å². The third-order valence-corrected chi connectivity index (χ3v) is 3.39. The van der Waals surface area contributed by atoms with Crippen molar-refractivity contribution >= 4 is 5.91 Å². The number of amides is 1. The van der Waals surface area contributed by atoms with E-state index in [4.69, 9.17) is 4.74 Å². The number of hydrogen-bond acceptors (Lipinski definition) is 3. The van der Waals surface area contributed by atoms with Crippen LogP contribution in [0.15, 0.2) is 24.3 Å². The van der Waals surface area contributed by atoms with Crippen LogP contribution in [0.4, 0.5) is 0 Å². The second-order valence-corrected chi connectivity index (χ2v) is 5.55. The Hall–Kier alpha value is -1.55. The number of carbonyl (C=O) groups excluding carboxylic acids is 1. The summed E-state index contributed by atoms with van der Waals surface area (Å²) in [6.45, 7) is 4.06. The molecule has 1 N–H and O–H groups in total. The maximum Gasteiger partial charge on any atom is 0.234 e. The average Bonchev–Trinajstić information content (AvgIpc) is 3.20. The summed E-state index contributed by atoms with van der Waals surface area (Å²) in [5, 5.41) is 3.00. The average molecular weight is 276 g/mol. The van der Waals surface area contributed by atoms with Crippen LogP contribution in [0.5, 0.6) is 5.75 Å². The lowest BCUT2D eigenvalue weighted by Crippen LogP contribution is -2.36. The quantitative estimate of drug-likeness (QED) is 0.738. The summed E-state index contributed by atoms with van der Waals surface area (Å²) in [6, 6.07) is 8.47. The summed E-state index contributed by atoms with van der Waals surface area (Å²) in [6.07, 6.45) is 3.20. The van der Waals surface area contributed by atoms with E-state index in [1.165, 1.54) is 0 Å². The summed E-state index contributed by atoms with van der Waals surface area (Å²) < 4.78 is 5.74. The molecule has 4 nitrogen and oxygen atoms in total. The predicted molar refractivity (Wildman–Crippen MR) is 80.0 cm³/mol. The maximum absolute atomic E-state index is 11.6. The normalized spacial score (nSPS) is 14.3. The molecule has 1 aromatic carbocycles. The van der Waals surface area contributed by atoms with Crippen LogP contribution in [0.2, 0.25) is 0 Å². The second kappa shape index (κ2) is 7.29. The fourth-order valence-corrected chi connectivity index (χ4v) is 2.06. The Morgan fingerprint density at radius 1 is 1.40 bits per heavy atom. The first-order chi connectivity index (χ1) is 9.65. The molecular weight excluding hydrogens is 252 g/mol. The van der Waals surface area contributed by atoms with E-state index in [1.807, 2.05) is 43.1 Å². The molecule has 0 unspecified atom stereocenters. The third-order valence-electron chi connectivity index (χ3n) is 3.39. The second-order valence-electron chi connectivity index (χ2n) is 5.55. The first-order valence-corrected chi connectivity index (χ1v) is 7.31. The molecule has 110 valence electrons. The van der Waals surface area contributed by atoms with E-state index < -0.39 is 0 Å². The molecule has 0 spiro atoms. The topological polar surface area (TPSA) is 41.6 Å². The van der Waals surface area contributed by atoms with Crippen molar-refractivity contribution < 1.29 is 9.53 Å². The number of nitrogens with zero attached hydrogens (tertiary/aromatic N) is 1. The Kier molecular flexibility index (Phi) is 5.41. The number of hydrogen-bond donors (Lipinski definition) is 1. The van der Waals surface area contributed by atoms with Crippen molar-refractivity contribution in [3.63, 3.8) is 0 Å². The van der Waals surface area contributed by atoms with Crippen LogP contribution < -0.4 is 10.1 Å². The molecule has 1 aliphatic carbocycles. The van der Waals surface area contributed by atoms with Gasteiger partial charge in [0.1, 0.15) is 5.75 Å². The van der Waals surface area contributed by atoms with E-state index >= 15 is 0 Å². The molecule has 1 aromatic rings. The zero-order chi connectivity index (χ0) is 14.4. The molecule has 0 atom stereocenters. The molecule has 0 bridgehead atoms. The van der Waals surface area contributed by atoms with Gasteiger partial charge in [-0.05, 0) is 44.9 Å². The van der Waals surface area contributed by atoms with Gasteiger partial charge in [-0.25, -0.2) is 0 Å². The summed E-state index contributed by atoms with van der Waals surface area (Å²) in [5.41, 5.74) is 1.16. The van der Waals surface area contributed by atoms with E-state index in [-0.39, 0.29) is 5.91 Å². The van der Waals surface area contributed by atoms with Crippen molar-refractivity contribution in [2.45, 2.75) is 32.2 Å². The Morgan fingerprint density at radius 2 is 2.15 bits per heavy atom. The third kappa shape index (κ3) is 5.21. The molecule has 1 fully saturated rings. The largest absolute Gasteiger partial charge is 0.493 e. The minimum atomic E-state index is 0.134. The standard InChI is InChI=1S/C16H24N2O2/c1-13-6-3-4-7-15(13)20-11-5-10-18(2)12-16(19)17-14-8-9-14/h3-4,6-7,14H,5,8-12H2,1-2H3,(H,17,19). The highest BCUT2D eigenvalue weighted by molar-refractivity contribution is 5.78. The van der Waals surface area contributed by atoms with E-state index in [0.29, 0.717) is 19.2 Å². The minimum absolute atomic E-state index is 0.134. The van der Waals surface area contributed by atoms with Gasteiger partial charge < -0.3 is 10.1 Å². The van der Waals surface area contributed by atoms with Gasteiger partial charge >= 0.3 is 0 Å². The molecule has 2 rings (SSSR count). The van der Waals surface area contributed by atoms with Gasteiger partial charge in [0.05, 0.1) is 13.2 Å². The SMILES string of the molecule is Cc1ccccc1OCCCN(C)CC(=O)NC1CC1. The number of likely N-dealkylation sites (N-methyl/N-ethyl adjacent to an activating group) is 1. The zero-order valence-corrected chi connectivity index (χ0v) is 12.4. The fraction of sp³-hybridized carbons (Fsp3) is 0.562. The van der Waals surface area contributed by atoms with Crippen LogP contribution in [-0.2, 0) is 4.79 Å². The van der Waals surface area contributed by atoms with Crippen LogP contribution >= 0.6 is 0 Å². The van der Waals surface area contributed by atoms with E-state index in [9.17, 15) is 4.79 Å². The molecule has 0 heterocycles. The molecule has 0 radical (unpaired) electrons. The lowest BCUT2D eigenvalue weighted by molar-refractivity contribution is -0.122. The minimum Gasteiger partial charge on any atom is -0.493 e. The predicted octanol–water partition coefficient (Wildman–Crippen LogP) is 1.97. The van der Waals surface area contributed by atoms with E-state index in [1.54, 1.807) is 0 Å². The first kappa shape index (κ1) is 14.9. The molecule has 0 aliphatic heterocycles. The van der Waals surface area contributed by atoms with Crippen molar-refractivity contribution in [2.24, 2.45) is 0 Å². The summed E-state index contributed by atoms with van der Waals surface area (Å²) in [5.74, 6) is 1.08. The van der Waals surface area contributed by atoms with Gasteiger partial charge in [0.15, 0.2) is 0 Å². The van der Waals surface area contributed by atoms with Crippen LogP contribution in [0.1, 0.15) is 24.8 Å². The van der Waals surface area contributed by atoms with Crippen LogP contribution in [-0.4, -0.2) is 43.6 Å². The fourth-order valence-electron chi connectivity index (χ4n) is 2.06. The van der Waals surface area contributed by atoms with Gasteiger partial charge in [-0.15, -0.1) is 0 Å². The summed E-state index contributed by atoms with van der Waals surface area (Å²) >= 11 is 0. The Labute approximate surface area is 121 Å². The Bertz CT molecular complexity index is 444. The lowest BCUT2D eigenvalue weighted by Gasteiger charge is -2.16. The molecule has 1 saturated carbocycles. The molecule has 1 aliphatic rings. The number of ether oxygens (including phenoxy) is 1. The number of nitrogens with one attached hydrogen (secondary N) is 1. The molecule has 1 amide bonds. The summed E-state index contributed by atoms with van der Waals surface area (Å²) in [7, 11) is 1.97. The molecule has 4 heteroatoms. The van der Waals surface area contributed by atoms with E-state index in [0.717, 1.165) is 37.1 Å². The summed E-state index contributed by atoms with van der Waals surface area (Å²) in [4.78, 5) is 13.7. The smallest absolute Gasteiger partial charge is 0.234 e. The van der Waals surface area contributed by atoms with Crippen LogP contribution in [0.25, 0.3) is 0 Å². The van der Waals surface area contributed by atoms with Crippen molar-refractivity contribution in [1.29, 1.82) is 0 Å². The number of para-hydroxylation sites is 1. The highest BCUT2D eigenvalue weighted by atomic mass is 16.5. The van der Waals surface area contributed by atoms with Crippen molar-refractivity contribution in [2.75, 3.05) is 26.7 Å². The Balaban J connectivity index is 1.58.